The Hall–Kier alpha value is -3.59. The maximum Gasteiger partial charge on any atom is 0.232 e. The average molecular weight is 517 g/mol. The van der Waals surface area contributed by atoms with Crippen molar-refractivity contribution in [1.82, 2.24) is 15.3 Å². The van der Waals surface area contributed by atoms with Crippen LogP contribution in [0.15, 0.2) is 48.5 Å². The summed E-state index contributed by atoms with van der Waals surface area (Å²) in [5.41, 5.74) is 3.75. The zero-order valence-electron chi connectivity index (χ0n) is 21.1. The van der Waals surface area contributed by atoms with Crippen LogP contribution in [0.2, 0.25) is 0 Å². The number of hydrogen-bond acceptors (Lipinski definition) is 7. The molecule has 0 amide bonds. The molecule has 6 rings (SSSR count). The lowest BCUT2D eigenvalue weighted by atomic mass is 9.99. The second-order valence-corrected chi connectivity index (χ2v) is 10.4. The van der Waals surface area contributed by atoms with E-state index in [4.69, 9.17) is 31.7 Å². The van der Waals surface area contributed by atoms with E-state index in [9.17, 15) is 0 Å². The average Bonchev–Trinajstić information content (AvgIpc) is 3.37. The summed E-state index contributed by atoms with van der Waals surface area (Å²) in [6.45, 7) is 7.72. The van der Waals surface area contributed by atoms with Gasteiger partial charge in [-0.15, -0.1) is 0 Å². The van der Waals surface area contributed by atoms with Gasteiger partial charge >= 0.3 is 0 Å². The molecule has 0 radical (unpaired) electrons. The lowest BCUT2D eigenvalue weighted by Crippen LogP contribution is -2.34. The standard InChI is InChI=1S/C28H32N6O2S/c1-19-8-10-33(11-9-19)25-15-26(34-17-21-4-2-3-5-22(21)18-34)31-27(30-25)32-28(37)29-16-20-6-7-23-24(14-20)36-13-12-35-23/h2-7,14-15,19H,8-13,16-18H2,1H3,(H2,29,30,31,32,37). The Morgan fingerprint density at radius 3 is 2.32 bits per heavy atom. The monoisotopic (exact) mass is 516 g/mol. The van der Waals surface area contributed by atoms with Crippen molar-refractivity contribution in [2.24, 2.45) is 5.92 Å². The zero-order chi connectivity index (χ0) is 25.2. The number of hydrogen-bond donors (Lipinski definition) is 2. The van der Waals surface area contributed by atoms with Gasteiger partial charge in [-0.3, -0.25) is 0 Å². The normalized spacial score (nSPS) is 16.9. The van der Waals surface area contributed by atoms with Crippen LogP contribution in [0.5, 0.6) is 11.5 Å². The van der Waals surface area contributed by atoms with Gasteiger partial charge in [0.1, 0.15) is 24.8 Å². The van der Waals surface area contributed by atoms with Crippen molar-refractivity contribution in [1.29, 1.82) is 0 Å². The van der Waals surface area contributed by atoms with Crippen molar-refractivity contribution in [2.75, 3.05) is 41.4 Å². The van der Waals surface area contributed by atoms with Crippen LogP contribution in [-0.2, 0) is 19.6 Å². The van der Waals surface area contributed by atoms with Crippen LogP contribution < -0.4 is 29.9 Å². The molecule has 8 nitrogen and oxygen atoms in total. The van der Waals surface area contributed by atoms with E-state index in [1.165, 1.54) is 24.0 Å². The number of benzene rings is 2. The van der Waals surface area contributed by atoms with E-state index in [1.54, 1.807) is 0 Å². The molecule has 0 aliphatic carbocycles. The number of thiocarbonyl (C=S) groups is 1. The predicted octanol–water partition coefficient (Wildman–Crippen LogP) is 4.49. The summed E-state index contributed by atoms with van der Waals surface area (Å²) in [5.74, 6) is 4.68. The molecule has 1 saturated heterocycles. The lowest BCUT2D eigenvalue weighted by Gasteiger charge is -2.32. The van der Waals surface area contributed by atoms with Gasteiger partial charge in [0, 0.05) is 38.8 Å². The number of piperidine rings is 1. The van der Waals surface area contributed by atoms with Gasteiger partial charge in [-0.25, -0.2) is 0 Å². The first-order valence-electron chi connectivity index (χ1n) is 13.0. The lowest BCUT2D eigenvalue weighted by molar-refractivity contribution is 0.171. The molecule has 9 heteroatoms. The Kier molecular flexibility index (Phi) is 6.70. The molecular formula is C28H32N6O2S. The molecule has 2 N–H and O–H groups in total. The summed E-state index contributed by atoms with van der Waals surface area (Å²) in [6, 6.07) is 16.7. The molecule has 3 aliphatic rings. The van der Waals surface area contributed by atoms with Crippen LogP contribution in [0.3, 0.4) is 0 Å². The fourth-order valence-corrected chi connectivity index (χ4v) is 5.22. The number of aromatic nitrogens is 2. The van der Waals surface area contributed by atoms with Gasteiger partial charge in [-0.1, -0.05) is 37.3 Å². The molecule has 0 bridgehead atoms. The van der Waals surface area contributed by atoms with E-state index in [0.29, 0.717) is 30.8 Å². The summed E-state index contributed by atoms with van der Waals surface area (Å²) in [5, 5.41) is 7.00. The number of nitrogens with one attached hydrogen (secondary N) is 2. The molecule has 3 aromatic rings. The third-order valence-corrected chi connectivity index (χ3v) is 7.50. The molecule has 2 aromatic carbocycles. The Morgan fingerprint density at radius 1 is 0.919 bits per heavy atom. The van der Waals surface area contributed by atoms with Crippen LogP contribution in [0.1, 0.15) is 36.5 Å². The summed E-state index contributed by atoms with van der Waals surface area (Å²) in [7, 11) is 0. The van der Waals surface area contributed by atoms with Crippen LogP contribution >= 0.6 is 12.2 Å². The fourth-order valence-electron chi connectivity index (χ4n) is 5.06. The minimum absolute atomic E-state index is 0.481. The van der Waals surface area contributed by atoms with Crippen LogP contribution in [0.25, 0.3) is 0 Å². The van der Waals surface area contributed by atoms with Gasteiger partial charge in [0.15, 0.2) is 16.6 Å². The first-order valence-corrected chi connectivity index (χ1v) is 13.4. The second-order valence-electron chi connectivity index (χ2n) is 9.99. The number of ether oxygens (including phenoxy) is 2. The molecule has 0 unspecified atom stereocenters. The van der Waals surface area contributed by atoms with Crippen molar-refractivity contribution < 1.29 is 9.47 Å². The Bertz CT molecular complexity index is 1270. The molecule has 0 atom stereocenters. The van der Waals surface area contributed by atoms with Crippen LogP contribution in [-0.4, -0.2) is 41.4 Å². The first-order chi connectivity index (χ1) is 18.1. The molecule has 0 spiro atoms. The summed E-state index contributed by atoms with van der Waals surface area (Å²) >= 11 is 5.62. The van der Waals surface area contributed by atoms with Gasteiger partial charge in [0.25, 0.3) is 0 Å². The molecule has 1 aromatic heterocycles. The Balaban J connectivity index is 1.18. The molecule has 1 fully saturated rings. The van der Waals surface area contributed by atoms with Crippen molar-refractivity contribution >= 4 is 34.9 Å². The molecular weight excluding hydrogens is 484 g/mol. The van der Waals surface area contributed by atoms with Gasteiger partial charge in [0.05, 0.1) is 0 Å². The molecule has 3 aliphatic heterocycles. The summed E-state index contributed by atoms with van der Waals surface area (Å²) < 4.78 is 11.3. The minimum Gasteiger partial charge on any atom is -0.486 e. The third-order valence-electron chi connectivity index (χ3n) is 7.26. The van der Waals surface area contributed by atoms with E-state index >= 15 is 0 Å². The topological polar surface area (TPSA) is 74.8 Å². The van der Waals surface area contributed by atoms with Gasteiger partial charge in [0.2, 0.25) is 5.95 Å². The highest BCUT2D eigenvalue weighted by Crippen LogP contribution is 2.32. The molecule has 4 heterocycles. The van der Waals surface area contributed by atoms with Crippen molar-refractivity contribution in [2.45, 2.75) is 39.4 Å². The van der Waals surface area contributed by atoms with Gasteiger partial charge < -0.3 is 29.9 Å². The van der Waals surface area contributed by atoms with E-state index < -0.39 is 0 Å². The maximum absolute atomic E-state index is 5.70. The number of fused-ring (bicyclic) bond motifs is 2. The van der Waals surface area contributed by atoms with E-state index in [1.807, 2.05) is 18.2 Å². The van der Waals surface area contributed by atoms with E-state index in [2.05, 4.69) is 57.7 Å². The van der Waals surface area contributed by atoms with Gasteiger partial charge in [-0.2, -0.15) is 9.97 Å². The zero-order valence-corrected chi connectivity index (χ0v) is 21.9. The number of anilines is 3. The van der Waals surface area contributed by atoms with Crippen LogP contribution in [0.4, 0.5) is 17.6 Å². The maximum atomic E-state index is 5.70. The van der Waals surface area contributed by atoms with Crippen molar-refractivity contribution in [3.05, 3.63) is 65.2 Å². The number of rotatable bonds is 5. The van der Waals surface area contributed by atoms with Crippen molar-refractivity contribution in [3.63, 3.8) is 0 Å². The number of nitrogens with zero attached hydrogens (tertiary/aromatic N) is 4. The highest BCUT2D eigenvalue weighted by atomic mass is 32.1. The SMILES string of the molecule is CC1CCN(c2cc(N3Cc4ccccc4C3)nc(NC(=S)NCc3ccc4c(c3)OCCO4)n2)CC1. The smallest absolute Gasteiger partial charge is 0.232 e. The highest BCUT2D eigenvalue weighted by Gasteiger charge is 2.24. The van der Waals surface area contributed by atoms with Crippen molar-refractivity contribution in [3.8, 4) is 11.5 Å². The largest absolute Gasteiger partial charge is 0.486 e. The van der Waals surface area contributed by atoms with E-state index in [0.717, 1.165) is 60.8 Å². The molecule has 0 saturated carbocycles. The third kappa shape index (κ3) is 5.41. The molecule has 192 valence electrons. The second kappa shape index (κ2) is 10.4. The Morgan fingerprint density at radius 2 is 1.59 bits per heavy atom. The summed E-state index contributed by atoms with van der Waals surface area (Å²) in [4.78, 5) is 14.4. The van der Waals surface area contributed by atoms with E-state index in [-0.39, 0.29) is 0 Å². The fraction of sp³-hybridized carbons (Fsp3) is 0.393. The molecule has 37 heavy (non-hydrogen) atoms. The quantitative estimate of drug-likeness (QED) is 0.477. The highest BCUT2D eigenvalue weighted by molar-refractivity contribution is 7.80. The summed E-state index contributed by atoms with van der Waals surface area (Å²) in [6.07, 6.45) is 2.35. The van der Waals surface area contributed by atoms with Crippen LogP contribution in [0, 0.1) is 5.92 Å². The predicted molar refractivity (Wildman–Crippen MR) is 149 cm³/mol. The minimum atomic E-state index is 0.481. The van der Waals surface area contributed by atoms with Gasteiger partial charge in [-0.05, 0) is 59.8 Å². The first kappa shape index (κ1) is 23.8. The Labute approximate surface area is 223 Å².